The van der Waals surface area contributed by atoms with Crippen LogP contribution >= 0.6 is 0 Å². The molecule has 0 fully saturated rings. The van der Waals surface area contributed by atoms with Crippen LogP contribution in [0.25, 0.3) is 21.7 Å². The molecule has 0 aliphatic carbocycles. The molecule has 178 valence electrons. The van der Waals surface area contributed by atoms with Crippen LogP contribution in [0.3, 0.4) is 0 Å². The summed E-state index contributed by atoms with van der Waals surface area (Å²) < 4.78 is 4.96. The normalized spacial score (nSPS) is 11.6. The van der Waals surface area contributed by atoms with E-state index in [0.717, 1.165) is 22.0 Å². The summed E-state index contributed by atoms with van der Waals surface area (Å²) in [5, 5.41) is 11.9. The Hall–Kier alpha value is -3.61. The number of unbranched alkanes of at least 4 members (excludes halogenated alkanes) is 1. The van der Waals surface area contributed by atoms with Crippen LogP contribution in [0.15, 0.2) is 58.3 Å². The number of benzene rings is 2. The third kappa shape index (κ3) is 4.55. The molecule has 0 bridgehead atoms. The van der Waals surface area contributed by atoms with E-state index in [1.807, 2.05) is 38.2 Å². The number of hydrogen-bond acceptors (Lipinski definition) is 3. The highest BCUT2D eigenvalue weighted by atomic mass is 16.4. The Morgan fingerprint density at radius 3 is 2.50 bits per heavy atom. The van der Waals surface area contributed by atoms with Gasteiger partial charge < -0.3 is 9.67 Å². The van der Waals surface area contributed by atoms with Gasteiger partial charge in [0, 0.05) is 38.4 Å². The molecule has 7 nitrogen and oxygen atoms in total. The Bertz CT molecular complexity index is 1470. The minimum absolute atomic E-state index is 0.0953. The Kier molecular flexibility index (Phi) is 6.72. The van der Waals surface area contributed by atoms with E-state index in [4.69, 9.17) is 5.11 Å². The van der Waals surface area contributed by atoms with Gasteiger partial charge in [-0.15, -0.1) is 0 Å². The van der Waals surface area contributed by atoms with E-state index in [1.165, 1.54) is 11.6 Å². The largest absolute Gasteiger partial charge is 0.481 e. The second kappa shape index (κ2) is 9.71. The summed E-state index contributed by atoms with van der Waals surface area (Å²) in [6.45, 7) is 5.16. The smallest absolute Gasteiger partial charge is 0.331 e. The number of nitrogens with zero attached hydrogens (tertiary/aromatic N) is 3. The van der Waals surface area contributed by atoms with Crippen LogP contribution in [0.2, 0.25) is 0 Å². The molecule has 1 N–H and O–H groups in total. The number of fused-ring (bicyclic) bond motifs is 2. The van der Waals surface area contributed by atoms with Crippen LogP contribution in [-0.4, -0.2) is 24.8 Å². The van der Waals surface area contributed by atoms with Crippen molar-refractivity contribution in [3.05, 3.63) is 80.8 Å². The summed E-state index contributed by atoms with van der Waals surface area (Å²) in [5.41, 5.74) is 2.01. The van der Waals surface area contributed by atoms with Crippen molar-refractivity contribution in [2.24, 2.45) is 13.0 Å². The third-order valence-electron chi connectivity index (χ3n) is 6.32. The maximum Gasteiger partial charge on any atom is 0.331 e. The summed E-state index contributed by atoms with van der Waals surface area (Å²) in [5.74, 6) is -0.587. The maximum atomic E-state index is 13.3. The van der Waals surface area contributed by atoms with E-state index in [2.05, 4.69) is 28.8 Å². The molecule has 0 spiro atoms. The number of aromatic nitrogens is 3. The first-order valence-electron chi connectivity index (χ1n) is 11.8. The molecule has 0 saturated heterocycles. The number of aryl methyl sites for hydroxylation is 1. The minimum Gasteiger partial charge on any atom is -0.481 e. The van der Waals surface area contributed by atoms with Gasteiger partial charge in [-0.3, -0.25) is 18.7 Å². The van der Waals surface area contributed by atoms with Crippen LogP contribution in [0.1, 0.15) is 44.4 Å². The first kappa shape index (κ1) is 23.5. The average Bonchev–Trinajstić information content (AvgIpc) is 3.16. The zero-order valence-corrected chi connectivity index (χ0v) is 20.0. The van der Waals surface area contributed by atoms with Gasteiger partial charge in [0.2, 0.25) is 0 Å². The molecule has 0 amide bonds. The van der Waals surface area contributed by atoms with Crippen molar-refractivity contribution >= 4 is 27.6 Å². The standard InChI is InChI=1S/C27H31N3O4/c1-18(2)15-30-23-17-29(16-20-11-8-10-19-9-4-5-12-21(19)20)22(13-6-7-14-24(31)32)25(23)26(33)28(3)27(30)34/h4-5,8-12,17-18H,6-7,13-16H2,1-3H3,(H,31,32). The molecular formula is C27H31N3O4. The number of carboxylic acids is 1. The van der Waals surface area contributed by atoms with Crippen molar-refractivity contribution < 1.29 is 9.90 Å². The summed E-state index contributed by atoms with van der Waals surface area (Å²) >= 11 is 0. The number of aliphatic carboxylic acids is 1. The molecular weight excluding hydrogens is 430 g/mol. The fourth-order valence-corrected chi connectivity index (χ4v) is 4.69. The van der Waals surface area contributed by atoms with Crippen LogP contribution in [0.4, 0.5) is 0 Å². The number of rotatable bonds is 9. The van der Waals surface area contributed by atoms with E-state index in [1.54, 1.807) is 4.57 Å². The molecule has 4 rings (SSSR count). The predicted octanol–water partition coefficient (Wildman–Crippen LogP) is 4.16. The molecule has 0 unspecified atom stereocenters. The lowest BCUT2D eigenvalue weighted by Gasteiger charge is -2.12. The average molecular weight is 462 g/mol. The highest BCUT2D eigenvalue weighted by Crippen LogP contribution is 2.25. The topological polar surface area (TPSA) is 86.2 Å². The lowest BCUT2D eigenvalue weighted by molar-refractivity contribution is -0.137. The first-order valence-corrected chi connectivity index (χ1v) is 11.8. The van der Waals surface area contributed by atoms with Crippen molar-refractivity contribution in [1.82, 2.24) is 13.7 Å². The number of hydrogen-bond donors (Lipinski definition) is 1. The maximum absolute atomic E-state index is 13.3. The van der Waals surface area contributed by atoms with E-state index in [0.29, 0.717) is 43.3 Å². The second-order valence-corrected chi connectivity index (χ2v) is 9.35. The van der Waals surface area contributed by atoms with Crippen LogP contribution in [0, 0.1) is 5.92 Å². The Balaban J connectivity index is 1.89. The Morgan fingerprint density at radius 1 is 1.03 bits per heavy atom. The third-order valence-corrected chi connectivity index (χ3v) is 6.32. The quantitative estimate of drug-likeness (QED) is 0.379. The molecule has 0 aliphatic rings. The minimum atomic E-state index is -0.822. The fraction of sp³-hybridized carbons (Fsp3) is 0.370. The predicted molar refractivity (Wildman–Crippen MR) is 135 cm³/mol. The first-order chi connectivity index (χ1) is 16.3. The van der Waals surface area contributed by atoms with Crippen LogP contribution in [0.5, 0.6) is 0 Å². The Labute approximate surface area is 197 Å². The van der Waals surface area contributed by atoms with Crippen molar-refractivity contribution in [1.29, 1.82) is 0 Å². The van der Waals surface area contributed by atoms with Crippen molar-refractivity contribution in [3.63, 3.8) is 0 Å². The second-order valence-electron chi connectivity index (χ2n) is 9.35. The number of carbonyl (C=O) groups is 1. The van der Waals surface area contributed by atoms with Gasteiger partial charge in [-0.2, -0.15) is 0 Å². The van der Waals surface area contributed by atoms with Gasteiger partial charge in [-0.25, -0.2) is 4.79 Å². The monoisotopic (exact) mass is 461 g/mol. The highest BCUT2D eigenvalue weighted by molar-refractivity contribution is 5.86. The molecule has 4 aromatic rings. The van der Waals surface area contributed by atoms with Crippen LogP contribution in [-0.2, 0) is 31.4 Å². The molecule has 0 atom stereocenters. The van der Waals surface area contributed by atoms with Gasteiger partial charge in [0.05, 0.1) is 10.9 Å². The van der Waals surface area contributed by atoms with Crippen molar-refractivity contribution in [2.75, 3.05) is 0 Å². The highest BCUT2D eigenvalue weighted by Gasteiger charge is 2.20. The molecule has 7 heteroatoms. The van der Waals surface area contributed by atoms with E-state index < -0.39 is 5.97 Å². The molecule has 2 aromatic carbocycles. The molecule has 0 radical (unpaired) electrons. The van der Waals surface area contributed by atoms with Gasteiger partial charge in [-0.1, -0.05) is 56.3 Å². The molecule has 34 heavy (non-hydrogen) atoms. The fourth-order valence-electron chi connectivity index (χ4n) is 4.69. The van der Waals surface area contributed by atoms with Gasteiger partial charge in [0.25, 0.3) is 5.56 Å². The lowest BCUT2D eigenvalue weighted by atomic mass is 10.0. The molecule has 0 saturated carbocycles. The van der Waals surface area contributed by atoms with Crippen molar-refractivity contribution in [3.8, 4) is 0 Å². The summed E-state index contributed by atoms with van der Waals surface area (Å²) in [7, 11) is 1.52. The SMILES string of the molecule is CC(C)Cn1c(=O)n(C)c(=O)c2c(CCCCC(=O)O)n(Cc3cccc4ccccc34)cc21. The van der Waals surface area contributed by atoms with Gasteiger partial charge >= 0.3 is 11.7 Å². The van der Waals surface area contributed by atoms with E-state index >= 15 is 0 Å². The lowest BCUT2D eigenvalue weighted by Crippen LogP contribution is -2.38. The van der Waals surface area contributed by atoms with Gasteiger partial charge in [-0.05, 0) is 41.5 Å². The van der Waals surface area contributed by atoms with Crippen LogP contribution < -0.4 is 11.2 Å². The summed E-state index contributed by atoms with van der Waals surface area (Å²) in [6, 6.07) is 14.4. The molecule has 2 heterocycles. The summed E-state index contributed by atoms with van der Waals surface area (Å²) in [6.07, 6.45) is 3.76. The van der Waals surface area contributed by atoms with Gasteiger partial charge in [0.15, 0.2) is 0 Å². The van der Waals surface area contributed by atoms with Crippen molar-refractivity contribution in [2.45, 2.75) is 52.6 Å². The van der Waals surface area contributed by atoms with Gasteiger partial charge in [0.1, 0.15) is 0 Å². The number of carboxylic acid groups (broad SMARTS) is 1. The molecule has 2 aromatic heterocycles. The summed E-state index contributed by atoms with van der Waals surface area (Å²) in [4.78, 5) is 37.2. The Morgan fingerprint density at radius 2 is 1.76 bits per heavy atom. The zero-order valence-electron chi connectivity index (χ0n) is 20.0. The van der Waals surface area contributed by atoms with E-state index in [-0.39, 0.29) is 23.6 Å². The zero-order chi connectivity index (χ0) is 24.4. The molecule has 0 aliphatic heterocycles. The van der Waals surface area contributed by atoms with E-state index in [9.17, 15) is 14.4 Å².